The molecular weight excluding hydrogens is 346 g/mol. The second-order valence-electron chi connectivity index (χ2n) is 6.56. The topological polar surface area (TPSA) is 111 Å². The molecule has 4 rings (SSSR count). The molecule has 0 saturated heterocycles. The highest BCUT2D eigenvalue weighted by Crippen LogP contribution is 2.28. The first kappa shape index (κ1) is 17.0. The Morgan fingerprint density at radius 3 is 2.67 bits per heavy atom. The Bertz CT molecular complexity index is 1040. The lowest BCUT2D eigenvalue weighted by Crippen LogP contribution is -2.37. The van der Waals surface area contributed by atoms with Crippen molar-refractivity contribution < 1.29 is 4.79 Å². The van der Waals surface area contributed by atoms with Crippen LogP contribution in [-0.4, -0.2) is 56.4 Å². The molecule has 0 fully saturated rings. The first-order chi connectivity index (χ1) is 13.0. The zero-order chi connectivity index (χ0) is 19.0. The lowest BCUT2D eigenvalue weighted by Gasteiger charge is -2.30. The maximum Gasteiger partial charge on any atom is 0.323 e. The van der Waals surface area contributed by atoms with E-state index in [-0.39, 0.29) is 11.6 Å². The van der Waals surface area contributed by atoms with Gasteiger partial charge in [-0.1, -0.05) is 0 Å². The summed E-state index contributed by atoms with van der Waals surface area (Å²) in [5.74, 6) is 1.23. The number of anilines is 1. The van der Waals surface area contributed by atoms with Crippen molar-refractivity contribution in [1.29, 1.82) is 0 Å². The van der Waals surface area contributed by atoms with E-state index in [4.69, 9.17) is 9.97 Å². The molecule has 1 aliphatic heterocycles. The summed E-state index contributed by atoms with van der Waals surface area (Å²) in [6, 6.07) is 3.72. The highest BCUT2D eigenvalue weighted by molar-refractivity contribution is 5.92. The quantitative estimate of drug-likeness (QED) is 0.711. The number of rotatable bonds is 3. The van der Waals surface area contributed by atoms with Gasteiger partial charge in [-0.2, -0.15) is 0 Å². The molecular formula is C18H19N7O2. The zero-order valence-corrected chi connectivity index (χ0v) is 15.1. The van der Waals surface area contributed by atoms with Gasteiger partial charge in [0.15, 0.2) is 5.82 Å². The van der Waals surface area contributed by atoms with E-state index in [9.17, 15) is 9.59 Å². The van der Waals surface area contributed by atoms with E-state index in [1.807, 2.05) is 31.1 Å². The van der Waals surface area contributed by atoms with Crippen molar-refractivity contribution in [2.45, 2.75) is 13.0 Å². The van der Waals surface area contributed by atoms with E-state index in [0.29, 0.717) is 25.3 Å². The monoisotopic (exact) mass is 365 g/mol. The molecule has 1 amide bonds. The van der Waals surface area contributed by atoms with Crippen molar-refractivity contribution in [3.8, 4) is 11.4 Å². The number of H-pyrrole nitrogens is 2. The molecule has 0 bridgehead atoms. The maximum absolute atomic E-state index is 12.7. The Labute approximate surface area is 155 Å². The summed E-state index contributed by atoms with van der Waals surface area (Å²) in [4.78, 5) is 46.1. The fourth-order valence-corrected chi connectivity index (χ4v) is 3.20. The van der Waals surface area contributed by atoms with Crippen molar-refractivity contribution in [3.05, 3.63) is 58.2 Å². The highest BCUT2D eigenvalue weighted by Gasteiger charge is 2.27. The summed E-state index contributed by atoms with van der Waals surface area (Å²) in [5, 5.41) is 0. The Kier molecular flexibility index (Phi) is 4.19. The first-order valence-corrected chi connectivity index (χ1v) is 8.57. The summed E-state index contributed by atoms with van der Waals surface area (Å²) in [6.45, 7) is 0.903. The van der Waals surface area contributed by atoms with E-state index in [1.165, 1.54) is 6.20 Å². The molecule has 0 saturated carbocycles. The van der Waals surface area contributed by atoms with E-state index >= 15 is 0 Å². The van der Waals surface area contributed by atoms with E-state index in [0.717, 1.165) is 22.6 Å². The molecule has 2 N–H and O–H groups in total. The Morgan fingerprint density at radius 1 is 1.22 bits per heavy atom. The lowest BCUT2D eigenvalue weighted by atomic mass is 10.0. The number of imidazole rings is 1. The molecule has 27 heavy (non-hydrogen) atoms. The van der Waals surface area contributed by atoms with Gasteiger partial charge in [-0.3, -0.25) is 9.78 Å². The SMILES string of the molecule is CN(C)c1nc(-c2ccncc2)nc2c1CCN(C(=O)c1c[nH]c(=O)[nH]1)C2. The molecule has 0 radical (unpaired) electrons. The van der Waals surface area contributed by atoms with Crippen molar-refractivity contribution in [3.63, 3.8) is 0 Å². The normalized spacial score (nSPS) is 13.3. The summed E-state index contributed by atoms with van der Waals surface area (Å²) >= 11 is 0. The molecule has 4 heterocycles. The van der Waals surface area contributed by atoms with Crippen LogP contribution in [0.1, 0.15) is 21.7 Å². The van der Waals surface area contributed by atoms with Crippen LogP contribution < -0.4 is 10.6 Å². The number of hydrogen-bond donors (Lipinski definition) is 2. The van der Waals surface area contributed by atoms with Gasteiger partial charge in [0.25, 0.3) is 5.91 Å². The van der Waals surface area contributed by atoms with Crippen LogP contribution in [0.5, 0.6) is 0 Å². The number of aromatic nitrogens is 5. The van der Waals surface area contributed by atoms with Crippen LogP contribution in [0.4, 0.5) is 5.82 Å². The van der Waals surface area contributed by atoms with Crippen LogP contribution in [0.25, 0.3) is 11.4 Å². The lowest BCUT2D eigenvalue weighted by molar-refractivity contribution is 0.0726. The number of amides is 1. The summed E-state index contributed by atoms with van der Waals surface area (Å²) in [7, 11) is 3.89. The third kappa shape index (κ3) is 3.19. The van der Waals surface area contributed by atoms with Crippen LogP contribution in [-0.2, 0) is 13.0 Å². The molecule has 138 valence electrons. The van der Waals surface area contributed by atoms with Gasteiger partial charge in [0.2, 0.25) is 0 Å². The van der Waals surface area contributed by atoms with Gasteiger partial charge in [0, 0.05) is 50.4 Å². The van der Waals surface area contributed by atoms with Gasteiger partial charge >= 0.3 is 5.69 Å². The van der Waals surface area contributed by atoms with Gasteiger partial charge in [-0.05, 0) is 18.6 Å². The molecule has 0 aliphatic carbocycles. The molecule has 0 atom stereocenters. The number of nitrogens with zero attached hydrogens (tertiary/aromatic N) is 5. The molecule has 0 aromatic carbocycles. The average Bonchev–Trinajstić information content (AvgIpc) is 3.13. The number of nitrogens with one attached hydrogen (secondary N) is 2. The highest BCUT2D eigenvalue weighted by atomic mass is 16.2. The molecule has 0 spiro atoms. The van der Waals surface area contributed by atoms with Gasteiger partial charge < -0.3 is 19.8 Å². The zero-order valence-electron chi connectivity index (χ0n) is 15.1. The van der Waals surface area contributed by atoms with E-state index in [2.05, 4.69) is 15.0 Å². The fraction of sp³-hybridized carbons (Fsp3) is 0.278. The minimum absolute atomic E-state index is 0.227. The standard InChI is InChI=1S/C18H19N7O2/c1-24(2)16-12-5-8-25(17(26)13-9-20-18(27)22-13)10-14(12)21-15(23-16)11-3-6-19-7-4-11/h3-4,6-7,9H,5,8,10H2,1-2H3,(H2,20,22,27). The number of fused-ring (bicyclic) bond motifs is 1. The summed E-state index contributed by atoms with van der Waals surface area (Å²) in [6.07, 6.45) is 5.45. The molecule has 0 unspecified atom stereocenters. The second kappa shape index (κ2) is 6.67. The third-order valence-corrected chi connectivity index (χ3v) is 4.52. The van der Waals surface area contributed by atoms with Crippen LogP contribution in [0, 0.1) is 0 Å². The van der Waals surface area contributed by atoms with Crippen LogP contribution in [0.15, 0.2) is 35.5 Å². The van der Waals surface area contributed by atoms with Crippen LogP contribution in [0.2, 0.25) is 0 Å². The number of hydrogen-bond acceptors (Lipinski definition) is 6. The number of pyridine rings is 1. The minimum Gasteiger partial charge on any atom is -0.362 e. The van der Waals surface area contributed by atoms with Crippen LogP contribution >= 0.6 is 0 Å². The van der Waals surface area contributed by atoms with Crippen molar-refractivity contribution in [2.75, 3.05) is 25.5 Å². The van der Waals surface area contributed by atoms with E-state index < -0.39 is 5.69 Å². The number of carbonyl (C=O) groups is 1. The Morgan fingerprint density at radius 2 is 2.00 bits per heavy atom. The summed E-state index contributed by atoms with van der Waals surface area (Å²) < 4.78 is 0. The first-order valence-electron chi connectivity index (χ1n) is 8.57. The van der Waals surface area contributed by atoms with E-state index in [1.54, 1.807) is 17.3 Å². The second-order valence-corrected chi connectivity index (χ2v) is 6.56. The average molecular weight is 365 g/mol. The van der Waals surface area contributed by atoms with Gasteiger partial charge in [0.05, 0.1) is 12.2 Å². The third-order valence-electron chi connectivity index (χ3n) is 4.52. The summed E-state index contributed by atoms with van der Waals surface area (Å²) in [5.41, 5.74) is 2.59. The molecule has 3 aromatic rings. The molecule has 3 aromatic heterocycles. The van der Waals surface area contributed by atoms with Crippen LogP contribution in [0.3, 0.4) is 0 Å². The number of carbonyl (C=O) groups excluding carboxylic acids is 1. The minimum atomic E-state index is -0.395. The van der Waals surface area contributed by atoms with Crippen molar-refractivity contribution in [1.82, 2.24) is 29.8 Å². The molecule has 9 heteroatoms. The Hall–Kier alpha value is -3.49. The largest absolute Gasteiger partial charge is 0.362 e. The Balaban J connectivity index is 1.72. The van der Waals surface area contributed by atoms with Gasteiger partial charge in [-0.25, -0.2) is 14.8 Å². The fourth-order valence-electron chi connectivity index (χ4n) is 3.20. The predicted molar refractivity (Wildman–Crippen MR) is 99.4 cm³/mol. The van der Waals surface area contributed by atoms with Gasteiger partial charge in [0.1, 0.15) is 11.5 Å². The molecule has 9 nitrogen and oxygen atoms in total. The van der Waals surface area contributed by atoms with Crippen molar-refractivity contribution in [2.24, 2.45) is 0 Å². The van der Waals surface area contributed by atoms with Gasteiger partial charge in [-0.15, -0.1) is 0 Å². The predicted octanol–water partition coefficient (Wildman–Crippen LogP) is 0.819. The van der Waals surface area contributed by atoms with Crippen molar-refractivity contribution >= 4 is 11.7 Å². The maximum atomic E-state index is 12.7. The number of aromatic amines is 2. The molecule has 1 aliphatic rings. The smallest absolute Gasteiger partial charge is 0.323 e.